The summed E-state index contributed by atoms with van der Waals surface area (Å²) < 4.78 is 36.6. The Hall–Kier alpha value is -4.43. The molecule has 8 aromatic carbocycles. The van der Waals surface area contributed by atoms with Crippen molar-refractivity contribution in [3.05, 3.63) is 263 Å². The van der Waals surface area contributed by atoms with E-state index < -0.39 is 25.4 Å². The summed E-state index contributed by atoms with van der Waals surface area (Å²) in [7, 11) is 3.19. The van der Waals surface area contributed by atoms with Crippen molar-refractivity contribution in [3.63, 3.8) is 0 Å². The van der Waals surface area contributed by atoms with E-state index in [1.54, 1.807) is 21.3 Å². The third-order valence-electron chi connectivity index (χ3n) is 8.42. The molecule has 1 radical (unpaired) electrons. The molecule has 0 bridgehead atoms. The Labute approximate surface area is 422 Å². The Kier molecular flexibility index (Phi) is 38.1. The molecule has 0 unspecified atom stereocenters. The fourth-order valence-corrected chi connectivity index (χ4v) is 12.0. The maximum Gasteiger partial charge on any atom is 0 e. The number of hydrogen-bond donors (Lipinski definition) is 0. The average Bonchev–Trinajstić information content (AvgIpc) is 3.40. The molecule has 0 aromatic heterocycles. The van der Waals surface area contributed by atoms with Crippen LogP contribution >= 0.6 is 24.4 Å². The standard InChI is InChI=1S/2C18H15P.C12H11P.C3H9O3Si.3CO.Fe.Pt/c2*1-4-10-16(11-5-1)19(17-12-6-2-7-13-17)18-14-8-3-9-15-18;1-3-7-11(8-4-1)13-12-9-5-2-6-10-12;1-4-7(5-2)6-3;3*1-2;;/h2*1-15H;1-10,13H;1-3H3;;;;;. The van der Waals surface area contributed by atoms with Crippen molar-refractivity contribution < 1.29 is 65.4 Å². The SMILES string of the molecule is CO[Si](OC)OC.[C-]#[O+].[C-]#[O+].[C-]#[O+].[Fe].[Pt].c1ccc(P(c2ccccc2)c2ccccc2)cc1.c1ccc(P(c2ccccc2)c2ccccc2)cc1.c1ccc(Pc2ccccc2)cc1. The molecule has 12 heteroatoms. The third kappa shape index (κ3) is 23.3. The van der Waals surface area contributed by atoms with Crippen molar-refractivity contribution in [2.45, 2.75) is 0 Å². The van der Waals surface area contributed by atoms with Crippen molar-refractivity contribution in [2.75, 3.05) is 21.3 Å². The summed E-state index contributed by atoms with van der Waals surface area (Å²) in [5.74, 6) is 0. The van der Waals surface area contributed by atoms with Crippen LogP contribution in [0.1, 0.15) is 0 Å². The fourth-order valence-electron chi connectivity index (χ4n) is 5.82. The van der Waals surface area contributed by atoms with Gasteiger partial charge in [0.1, 0.15) is 0 Å². The molecule has 0 amide bonds. The van der Waals surface area contributed by atoms with Crippen LogP contribution < -0.4 is 42.4 Å². The number of benzene rings is 8. The number of rotatable bonds is 11. The molecule has 0 aliphatic carbocycles. The van der Waals surface area contributed by atoms with Gasteiger partial charge in [0.15, 0.2) is 0 Å². The Bertz CT molecular complexity index is 2010. The maximum absolute atomic E-state index is 7.50. The second kappa shape index (κ2) is 40.8. The van der Waals surface area contributed by atoms with Crippen LogP contribution in [0.2, 0.25) is 0 Å². The van der Waals surface area contributed by atoms with E-state index in [1.807, 2.05) is 0 Å². The maximum atomic E-state index is 7.50. The molecule has 8 rings (SSSR count). The molecule has 66 heavy (non-hydrogen) atoms. The molecule has 0 aliphatic rings. The van der Waals surface area contributed by atoms with Gasteiger partial charge < -0.3 is 13.3 Å². The van der Waals surface area contributed by atoms with Crippen molar-refractivity contribution in [3.8, 4) is 0 Å². The summed E-state index contributed by atoms with van der Waals surface area (Å²) in [4.78, 5) is 0. The first kappa shape index (κ1) is 61.6. The topological polar surface area (TPSA) is 87.4 Å². The predicted molar refractivity (Wildman–Crippen MR) is 269 cm³/mol. The molecule has 6 nitrogen and oxygen atoms in total. The predicted octanol–water partition coefficient (Wildman–Crippen LogP) is 9.00. The normalized spacial score (nSPS) is 9.21. The minimum Gasteiger partial charge on any atom is -0.0622 e. The van der Waals surface area contributed by atoms with Gasteiger partial charge in [-0.25, -0.2) is 0 Å². The summed E-state index contributed by atoms with van der Waals surface area (Å²) in [6.45, 7) is 13.5. The molecule has 0 saturated heterocycles. The van der Waals surface area contributed by atoms with Gasteiger partial charge in [0.05, 0.1) is 0 Å². The van der Waals surface area contributed by atoms with Crippen molar-refractivity contribution in [1.82, 2.24) is 0 Å². The minimum atomic E-state index is -1.36. The Morgan fingerprint density at radius 1 is 0.318 bits per heavy atom. The Morgan fingerprint density at radius 2 is 0.470 bits per heavy atom. The molecule has 8 aromatic rings. The zero-order valence-corrected chi connectivity index (χ0v) is 43.8. The second-order valence-electron chi connectivity index (χ2n) is 12.4. The molecule has 0 spiro atoms. The van der Waals surface area contributed by atoms with E-state index >= 15 is 0 Å². The summed E-state index contributed by atoms with van der Waals surface area (Å²) in [5.41, 5.74) is 0. The van der Waals surface area contributed by atoms with E-state index in [2.05, 4.69) is 263 Å². The number of hydrogen-bond acceptors (Lipinski definition) is 3. The van der Waals surface area contributed by atoms with Crippen LogP contribution in [0, 0.1) is 20.0 Å². The Morgan fingerprint density at radius 3 is 0.606 bits per heavy atom. The first-order chi connectivity index (χ1) is 31.7. The molecule has 0 heterocycles. The van der Waals surface area contributed by atoms with Crippen molar-refractivity contribution >= 4 is 76.4 Å². The summed E-state index contributed by atoms with van der Waals surface area (Å²) in [5, 5.41) is 11.2. The van der Waals surface area contributed by atoms with E-state index in [9.17, 15) is 0 Å². The van der Waals surface area contributed by atoms with Gasteiger partial charge in [-0.05, 0) is 58.3 Å². The zero-order valence-electron chi connectivity index (χ0n) is 36.6. The molecule has 0 saturated carbocycles. The molecule has 0 aliphatic heterocycles. The molecule has 0 atom stereocenters. The minimum absolute atomic E-state index is 0. The fraction of sp³-hybridized carbons (Fsp3) is 0.0556. The van der Waals surface area contributed by atoms with E-state index in [-0.39, 0.29) is 38.1 Å². The molecule has 0 N–H and O–H groups in total. The smallest absolute Gasteiger partial charge is 0 e. The van der Waals surface area contributed by atoms with Gasteiger partial charge in [-0.1, -0.05) is 251 Å². The van der Waals surface area contributed by atoms with E-state index in [0.717, 1.165) is 8.58 Å². The van der Waals surface area contributed by atoms with Crippen molar-refractivity contribution in [1.29, 1.82) is 0 Å². The summed E-state index contributed by atoms with van der Waals surface area (Å²) in [6.07, 6.45) is 0. The van der Waals surface area contributed by atoms with Gasteiger partial charge in [0.25, 0.3) is 0 Å². The zero-order chi connectivity index (χ0) is 46.5. The van der Waals surface area contributed by atoms with Gasteiger partial charge in [-0.15, -0.1) is 0 Å². The van der Waals surface area contributed by atoms with Crippen molar-refractivity contribution in [2.24, 2.45) is 0 Å². The van der Waals surface area contributed by atoms with Crippen LogP contribution in [-0.2, 0) is 65.4 Å². The molecule has 339 valence electrons. The van der Waals surface area contributed by atoms with E-state index in [1.165, 1.54) is 42.4 Å². The largest absolute Gasteiger partial charge is 0.0622 e. The van der Waals surface area contributed by atoms with Gasteiger partial charge in [-0.3, -0.25) is 0 Å². The first-order valence-corrected chi connectivity index (χ1v) is 24.5. The third-order valence-corrected chi connectivity index (χ3v) is 15.6. The monoisotopic (exact) mass is 1170 g/mol. The van der Waals surface area contributed by atoms with E-state index in [4.69, 9.17) is 27.2 Å². The van der Waals surface area contributed by atoms with Gasteiger partial charge in [0.2, 0.25) is 0 Å². The van der Waals surface area contributed by atoms with Gasteiger partial charge in [-0.2, -0.15) is 0 Å². The van der Waals surface area contributed by atoms with Crippen LogP contribution in [0.3, 0.4) is 0 Å². The van der Waals surface area contributed by atoms with Crippen LogP contribution in [0.5, 0.6) is 0 Å². The molecular formula is C54H50FeO6P3PtSi. The molecular weight excluding hydrogens is 1120 g/mol. The van der Waals surface area contributed by atoms with Gasteiger partial charge in [0, 0.05) is 59.5 Å². The second-order valence-corrected chi connectivity index (χ2v) is 20.0. The summed E-state index contributed by atoms with van der Waals surface area (Å²) in [6, 6.07) is 85.8. The Balaban J connectivity index is 0.000000849. The van der Waals surface area contributed by atoms with E-state index in [0.29, 0.717) is 0 Å². The van der Waals surface area contributed by atoms with Crippen LogP contribution in [0.4, 0.5) is 0 Å². The average molecular weight is 1170 g/mol. The van der Waals surface area contributed by atoms with Crippen LogP contribution in [-0.4, -0.2) is 30.9 Å². The molecule has 0 fully saturated rings. The van der Waals surface area contributed by atoms with Gasteiger partial charge >= 0.3 is 43.4 Å². The quantitative estimate of drug-likeness (QED) is 0.0561. The first-order valence-electron chi connectivity index (χ1n) is 19.6. The summed E-state index contributed by atoms with van der Waals surface area (Å²) >= 11 is 0. The van der Waals surface area contributed by atoms with Crippen LogP contribution in [0.15, 0.2) is 243 Å². The van der Waals surface area contributed by atoms with Crippen LogP contribution in [0.25, 0.3) is 0 Å².